The van der Waals surface area contributed by atoms with E-state index in [0.29, 0.717) is 24.1 Å². The summed E-state index contributed by atoms with van der Waals surface area (Å²) in [5.41, 5.74) is 0.0122. The number of rotatable bonds is 3. The normalized spacial score (nSPS) is 19.6. The van der Waals surface area contributed by atoms with Gasteiger partial charge in [-0.3, -0.25) is 0 Å². The lowest BCUT2D eigenvalue weighted by Crippen LogP contribution is -2.34. The van der Waals surface area contributed by atoms with Crippen LogP contribution >= 0.6 is 11.6 Å². The smallest absolute Gasteiger partial charge is 0.207 e. The zero-order chi connectivity index (χ0) is 19.7. The first-order valence-electron chi connectivity index (χ1n) is 8.61. The molecule has 0 saturated carbocycles. The largest absolute Gasteiger partial charge is 0.416 e. The minimum atomic E-state index is -4.59. The van der Waals surface area contributed by atoms with Crippen LogP contribution in [-0.4, -0.2) is 25.8 Å². The minimum Gasteiger partial charge on any atom is -0.207 e. The van der Waals surface area contributed by atoms with E-state index in [1.54, 1.807) is 12.1 Å². The number of alkyl halides is 3. The van der Waals surface area contributed by atoms with Crippen molar-refractivity contribution in [2.75, 3.05) is 13.1 Å². The minimum absolute atomic E-state index is 0.0228. The summed E-state index contributed by atoms with van der Waals surface area (Å²) in [4.78, 5) is -0.325. The van der Waals surface area contributed by atoms with Gasteiger partial charge in [-0.2, -0.15) is 17.5 Å². The summed E-state index contributed by atoms with van der Waals surface area (Å²) in [5.74, 6) is -0.0228. The highest BCUT2D eigenvalue weighted by molar-refractivity contribution is 7.89. The SMILES string of the molecule is O=S(=O)(c1cccc(C(F)(F)F)c1)N1CCCCC(c2ccc(Cl)cc2)C1. The van der Waals surface area contributed by atoms with Crippen molar-refractivity contribution in [3.63, 3.8) is 0 Å². The molecular weight excluding hydrogens is 399 g/mol. The van der Waals surface area contributed by atoms with Crippen molar-refractivity contribution in [3.8, 4) is 0 Å². The van der Waals surface area contributed by atoms with Crippen LogP contribution in [0.15, 0.2) is 53.4 Å². The van der Waals surface area contributed by atoms with Gasteiger partial charge in [0.05, 0.1) is 10.5 Å². The quantitative estimate of drug-likeness (QED) is 0.678. The molecule has 2 aromatic carbocycles. The Labute approximate surface area is 161 Å². The number of sulfonamides is 1. The highest BCUT2D eigenvalue weighted by atomic mass is 35.5. The maximum atomic E-state index is 13.0. The average Bonchev–Trinajstić information content (AvgIpc) is 2.88. The molecule has 3 rings (SSSR count). The van der Waals surface area contributed by atoms with Crippen LogP contribution in [0.4, 0.5) is 13.2 Å². The number of halogens is 4. The van der Waals surface area contributed by atoms with Gasteiger partial charge in [-0.25, -0.2) is 8.42 Å². The van der Waals surface area contributed by atoms with E-state index >= 15 is 0 Å². The molecule has 0 amide bonds. The fraction of sp³-hybridized carbons (Fsp3) is 0.368. The average molecular weight is 418 g/mol. The number of benzene rings is 2. The van der Waals surface area contributed by atoms with Crippen molar-refractivity contribution in [2.24, 2.45) is 0 Å². The fourth-order valence-electron chi connectivity index (χ4n) is 3.31. The van der Waals surface area contributed by atoms with Crippen molar-refractivity contribution in [1.29, 1.82) is 0 Å². The van der Waals surface area contributed by atoms with Gasteiger partial charge in [0.15, 0.2) is 0 Å². The second-order valence-electron chi connectivity index (χ2n) is 6.63. The third-order valence-corrected chi connectivity index (χ3v) is 6.89. The highest BCUT2D eigenvalue weighted by Crippen LogP contribution is 2.33. The second kappa shape index (κ2) is 7.81. The van der Waals surface area contributed by atoms with Crippen LogP contribution in [0.1, 0.15) is 36.3 Å². The molecule has 146 valence electrons. The predicted molar refractivity (Wildman–Crippen MR) is 98.2 cm³/mol. The molecule has 0 spiro atoms. The molecule has 0 radical (unpaired) electrons. The number of hydrogen-bond acceptors (Lipinski definition) is 2. The van der Waals surface area contributed by atoms with Gasteiger partial charge in [-0.05, 0) is 54.7 Å². The van der Waals surface area contributed by atoms with Crippen molar-refractivity contribution < 1.29 is 21.6 Å². The summed E-state index contributed by atoms with van der Waals surface area (Å²) >= 11 is 5.92. The molecule has 0 aromatic heterocycles. The second-order valence-corrected chi connectivity index (χ2v) is 9.01. The highest BCUT2D eigenvalue weighted by Gasteiger charge is 2.34. The first-order valence-corrected chi connectivity index (χ1v) is 10.4. The van der Waals surface area contributed by atoms with Crippen molar-refractivity contribution in [1.82, 2.24) is 4.31 Å². The maximum Gasteiger partial charge on any atom is 0.416 e. The molecule has 27 heavy (non-hydrogen) atoms. The zero-order valence-electron chi connectivity index (χ0n) is 14.4. The van der Waals surface area contributed by atoms with Crippen LogP contribution in [-0.2, 0) is 16.2 Å². The molecule has 1 heterocycles. The van der Waals surface area contributed by atoms with Crippen LogP contribution < -0.4 is 0 Å². The number of nitrogens with zero attached hydrogens (tertiary/aromatic N) is 1. The topological polar surface area (TPSA) is 37.4 Å². The van der Waals surface area contributed by atoms with E-state index < -0.39 is 21.8 Å². The van der Waals surface area contributed by atoms with Crippen LogP contribution in [0, 0.1) is 0 Å². The molecule has 0 aliphatic carbocycles. The summed E-state index contributed by atoms with van der Waals surface area (Å²) in [6.45, 7) is 0.531. The summed E-state index contributed by atoms with van der Waals surface area (Å²) in [6, 6.07) is 11.2. The number of hydrogen-bond donors (Lipinski definition) is 0. The van der Waals surface area contributed by atoms with E-state index in [4.69, 9.17) is 11.6 Å². The van der Waals surface area contributed by atoms with Crippen LogP contribution in [0.25, 0.3) is 0 Å². The lowest BCUT2D eigenvalue weighted by atomic mass is 9.95. The van der Waals surface area contributed by atoms with Gasteiger partial charge >= 0.3 is 6.18 Å². The molecule has 2 aromatic rings. The van der Waals surface area contributed by atoms with Gasteiger partial charge < -0.3 is 0 Å². The Bertz CT molecular complexity index is 898. The van der Waals surface area contributed by atoms with E-state index in [-0.39, 0.29) is 17.4 Å². The summed E-state index contributed by atoms with van der Waals surface area (Å²) in [5, 5.41) is 0.598. The summed E-state index contributed by atoms with van der Waals surface area (Å²) in [6.07, 6.45) is -2.25. The van der Waals surface area contributed by atoms with Crippen LogP contribution in [0.2, 0.25) is 5.02 Å². The first-order chi connectivity index (χ1) is 12.7. The molecule has 1 fully saturated rings. The van der Waals surface area contributed by atoms with Crippen molar-refractivity contribution in [2.45, 2.75) is 36.3 Å². The van der Waals surface area contributed by atoms with Gasteiger partial charge in [0.2, 0.25) is 10.0 Å². The molecule has 0 N–H and O–H groups in total. The molecule has 1 aliphatic rings. The van der Waals surface area contributed by atoms with Crippen LogP contribution in [0.3, 0.4) is 0 Å². The van der Waals surface area contributed by atoms with Gasteiger partial charge in [-0.1, -0.05) is 36.2 Å². The molecule has 3 nitrogen and oxygen atoms in total. The van der Waals surface area contributed by atoms with E-state index in [0.717, 1.165) is 30.5 Å². The molecule has 1 saturated heterocycles. The molecule has 1 aliphatic heterocycles. The van der Waals surface area contributed by atoms with Crippen molar-refractivity contribution in [3.05, 3.63) is 64.7 Å². The third kappa shape index (κ3) is 4.65. The third-order valence-electron chi connectivity index (χ3n) is 4.77. The van der Waals surface area contributed by atoms with Gasteiger partial charge in [0, 0.05) is 18.1 Å². The van der Waals surface area contributed by atoms with E-state index in [1.165, 1.54) is 10.4 Å². The standard InChI is InChI=1S/C19H19ClF3NO2S/c20-17-9-7-14(8-10-17)15-4-1-2-11-24(13-15)27(25,26)18-6-3-5-16(12-18)19(21,22)23/h3,5-10,12,15H,1-2,4,11,13H2. The summed E-state index contributed by atoms with van der Waals surface area (Å²) in [7, 11) is -4.01. The maximum absolute atomic E-state index is 13.0. The Morgan fingerprint density at radius 2 is 1.74 bits per heavy atom. The van der Waals surface area contributed by atoms with Gasteiger partial charge in [0.1, 0.15) is 0 Å². The Morgan fingerprint density at radius 3 is 2.41 bits per heavy atom. The summed E-state index contributed by atoms with van der Waals surface area (Å²) < 4.78 is 66.2. The van der Waals surface area contributed by atoms with Gasteiger partial charge in [0.25, 0.3) is 0 Å². The lowest BCUT2D eigenvalue weighted by molar-refractivity contribution is -0.137. The van der Waals surface area contributed by atoms with E-state index in [9.17, 15) is 21.6 Å². The monoisotopic (exact) mass is 417 g/mol. The lowest BCUT2D eigenvalue weighted by Gasteiger charge is -2.24. The van der Waals surface area contributed by atoms with E-state index in [1.807, 2.05) is 12.1 Å². The Balaban J connectivity index is 1.90. The first kappa shape index (κ1) is 20.2. The Kier molecular flexibility index (Phi) is 5.84. The van der Waals surface area contributed by atoms with Crippen molar-refractivity contribution >= 4 is 21.6 Å². The Morgan fingerprint density at radius 1 is 1.04 bits per heavy atom. The fourth-order valence-corrected chi connectivity index (χ4v) is 5.01. The van der Waals surface area contributed by atoms with E-state index in [2.05, 4.69) is 0 Å². The predicted octanol–water partition coefficient (Wildman–Crippen LogP) is 5.32. The molecule has 8 heteroatoms. The molecule has 1 atom stereocenters. The zero-order valence-corrected chi connectivity index (χ0v) is 16.0. The van der Waals surface area contributed by atoms with Gasteiger partial charge in [-0.15, -0.1) is 0 Å². The Hall–Kier alpha value is -1.57. The molecular formula is C19H19ClF3NO2S. The van der Waals surface area contributed by atoms with Crippen LogP contribution in [0.5, 0.6) is 0 Å². The molecule has 1 unspecified atom stereocenters. The molecule has 0 bridgehead atoms.